The Morgan fingerprint density at radius 1 is 1.00 bits per heavy atom. The molecule has 0 radical (unpaired) electrons. The maximum atomic E-state index is 10.5. The van der Waals surface area contributed by atoms with E-state index in [1.165, 1.54) is 0 Å². The van der Waals surface area contributed by atoms with Gasteiger partial charge in [0.15, 0.2) is 0 Å². The van der Waals surface area contributed by atoms with Gasteiger partial charge in [0.1, 0.15) is 6.10 Å². The molecule has 22 heavy (non-hydrogen) atoms. The molecule has 2 aromatic carbocycles. The van der Waals surface area contributed by atoms with E-state index >= 15 is 0 Å². The molecule has 0 saturated carbocycles. The largest absolute Gasteiger partial charge is 0.386 e. The SMILES string of the molecule is CN(C)CCOCC(O)c1ccc(N(C)C)c2ccccc12. The second-order valence-corrected chi connectivity index (χ2v) is 6.01. The van der Waals surface area contributed by atoms with E-state index in [0.29, 0.717) is 13.2 Å². The summed E-state index contributed by atoms with van der Waals surface area (Å²) in [5.41, 5.74) is 2.08. The third kappa shape index (κ3) is 3.97. The molecule has 2 aromatic rings. The Labute approximate surface area is 132 Å². The third-order valence-corrected chi connectivity index (χ3v) is 3.73. The lowest BCUT2D eigenvalue weighted by molar-refractivity contribution is 0.0313. The van der Waals surface area contributed by atoms with E-state index in [9.17, 15) is 5.11 Å². The molecule has 0 saturated heterocycles. The topological polar surface area (TPSA) is 35.9 Å². The van der Waals surface area contributed by atoms with E-state index in [2.05, 4.69) is 28.0 Å². The van der Waals surface area contributed by atoms with Gasteiger partial charge in [-0.25, -0.2) is 0 Å². The number of anilines is 1. The lowest BCUT2D eigenvalue weighted by Crippen LogP contribution is -2.19. The summed E-state index contributed by atoms with van der Waals surface area (Å²) in [6.07, 6.45) is -0.608. The second-order valence-electron chi connectivity index (χ2n) is 6.01. The first-order valence-electron chi connectivity index (χ1n) is 7.60. The average molecular weight is 302 g/mol. The van der Waals surface area contributed by atoms with Crippen LogP contribution in [0.3, 0.4) is 0 Å². The van der Waals surface area contributed by atoms with Crippen LogP contribution in [0.15, 0.2) is 36.4 Å². The van der Waals surface area contributed by atoms with E-state index in [1.807, 2.05) is 46.4 Å². The monoisotopic (exact) mass is 302 g/mol. The van der Waals surface area contributed by atoms with Gasteiger partial charge in [-0.15, -0.1) is 0 Å². The predicted octanol–water partition coefficient (Wildman–Crippen LogP) is 2.52. The summed E-state index contributed by atoms with van der Waals surface area (Å²) in [6, 6.07) is 12.2. The van der Waals surface area contributed by atoms with Gasteiger partial charge in [0.05, 0.1) is 13.2 Å². The Balaban J connectivity index is 2.19. The molecule has 0 aliphatic heterocycles. The van der Waals surface area contributed by atoms with Crippen LogP contribution in [0.5, 0.6) is 0 Å². The fourth-order valence-corrected chi connectivity index (χ4v) is 2.52. The Bertz CT molecular complexity index is 611. The summed E-state index contributed by atoms with van der Waals surface area (Å²) in [6.45, 7) is 1.80. The van der Waals surface area contributed by atoms with Gasteiger partial charge in [-0.05, 0) is 31.1 Å². The molecule has 0 amide bonds. The van der Waals surface area contributed by atoms with Crippen LogP contribution in [0, 0.1) is 0 Å². The number of likely N-dealkylation sites (N-methyl/N-ethyl adjacent to an activating group) is 1. The zero-order chi connectivity index (χ0) is 16.1. The van der Waals surface area contributed by atoms with Gasteiger partial charge in [-0.2, -0.15) is 0 Å². The molecule has 120 valence electrons. The zero-order valence-corrected chi connectivity index (χ0v) is 13.9. The molecule has 0 aliphatic carbocycles. The van der Waals surface area contributed by atoms with Crippen LogP contribution in [-0.4, -0.2) is 58.0 Å². The number of nitrogens with zero attached hydrogens (tertiary/aromatic N) is 2. The van der Waals surface area contributed by atoms with E-state index in [-0.39, 0.29) is 0 Å². The quantitative estimate of drug-likeness (QED) is 0.797. The molecule has 1 unspecified atom stereocenters. The molecule has 1 atom stereocenters. The molecule has 0 heterocycles. The standard InChI is InChI=1S/C18H26N2O2/c1-19(2)11-12-22-13-18(21)16-9-10-17(20(3)4)15-8-6-5-7-14(15)16/h5-10,18,21H,11-13H2,1-4H3. The van der Waals surface area contributed by atoms with Gasteiger partial charge in [0.2, 0.25) is 0 Å². The molecule has 4 nitrogen and oxygen atoms in total. The van der Waals surface area contributed by atoms with Gasteiger partial charge in [-0.1, -0.05) is 30.3 Å². The van der Waals surface area contributed by atoms with Crippen LogP contribution in [-0.2, 0) is 4.74 Å². The van der Waals surface area contributed by atoms with Crippen LogP contribution >= 0.6 is 0 Å². The minimum Gasteiger partial charge on any atom is -0.386 e. The van der Waals surface area contributed by atoms with E-state index in [0.717, 1.165) is 28.6 Å². The molecule has 4 heteroatoms. The smallest absolute Gasteiger partial charge is 0.103 e. The summed E-state index contributed by atoms with van der Waals surface area (Å²) >= 11 is 0. The maximum absolute atomic E-state index is 10.5. The molecule has 0 fully saturated rings. The van der Waals surface area contributed by atoms with Crippen molar-refractivity contribution in [3.05, 3.63) is 42.0 Å². The number of aliphatic hydroxyl groups is 1. The fraction of sp³-hybridized carbons (Fsp3) is 0.444. The van der Waals surface area contributed by atoms with Crippen LogP contribution in [0.4, 0.5) is 5.69 Å². The van der Waals surface area contributed by atoms with Gasteiger partial charge in [0, 0.05) is 31.7 Å². The second kappa shape index (κ2) is 7.58. The summed E-state index contributed by atoms with van der Waals surface area (Å²) in [5.74, 6) is 0. The van der Waals surface area contributed by atoms with Crippen LogP contribution in [0.2, 0.25) is 0 Å². The first-order chi connectivity index (χ1) is 10.5. The zero-order valence-electron chi connectivity index (χ0n) is 13.9. The van der Waals surface area contributed by atoms with Gasteiger partial charge < -0.3 is 19.6 Å². The van der Waals surface area contributed by atoms with E-state index in [4.69, 9.17) is 4.74 Å². The van der Waals surface area contributed by atoms with Crippen molar-refractivity contribution in [3.63, 3.8) is 0 Å². The highest BCUT2D eigenvalue weighted by molar-refractivity contribution is 5.96. The Morgan fingerprint density at radius 3 is 2.32 bits per heavy atom. The highest BCUT2D eigenvalue weighted by Crippen LogP contribution is 2.31. The summed E-state index contributed by atoms with van der Waals surface area (Å²) < 4.78 is 5.59. The fourth-order valence-electron chi connectivity index (χ4n) is 2.52. The van der Waals surface area contributed by atoms with Crippen molar-refractivity contribution in [2.75, 3.05) is 52.8 Å². The van der Waals surface area contributed by atoms with Crippen LogP contribution in [0.25, 0.3) is 10.8 Å². The van der Waals surface area contributed by atoms with E-state index < -0.39 is 6.10 Å². The average Bonchev–Trinajstić information content (AvgIpc) is 2.49. The highest BCUT2D eigenvalue weighted by Gasteiger charge is 2.14. The van der Waals surface area contributed by atoms with Crippen molar-refractivity contribution in [2.24, 2.45) is 0 Å². The lowest BCUT2D eigenvalue weighted by Gasteiger charge is -2.20. The number of fused-ring (bicyclic) bond motifs is 1. The van der Waals surface area contributed by atoms with Crippen molar-refractivity contribution >= 4 is 16.5 Å². The van der Waals surface area contributed by atoms with Gasteiger partial charge in [-0.3, -0.25) is 0 Å². The summed E-state index contributed by atoms with van der Waals surface area (Å²) in [5, 5.41) is 12.7. The summed E-state index contributed by atoms with van der Waals surface area (Å²) in [7, 11) is 8.07. The first kappa shape index (κ1) is 16.7. The van der Waals surface area contributed by atoms with Crippen molar-refractivity contribution < 1.29 is 9.84 Å². The Morgan fingerprint density at radius 2 is 1.68 bits per heavy atom. The van der Waals surface area contributed by atoms with Crippen molar-refractivity contribution in [1.82, 2.24) is 4.90 Å². The lowest BCUT2D eigenvalue weighted by atomic mass is 9.99. The minimum atomic E-state index is -0.608. The molecular formula is C18H26N2O2. The Kier molecular flexibility index (Phi) is 5.77. The first-order valence-corrected chi connectivity index (χ1v) is 7.60. The maximum Gasteiger partial charge on any atom is 0.103 e. The molecule has 0 bridgehead atoms. The third-order valence-electron chi connectivity index (χ3n) is 3.73. The molecule has 0 aromatic heterocycles. The number of aliphatic hydroxyl groups excluding tert-OH is 1. The summed E-state index contributed by atoms with van der Waals surface area (Å²) in [4.78, 5) is 4.15. The molecule has 2 rings (SSSR count). The molecule has 0 aliphatic rings. The number of ether oxygens (including phenoxy) is 1. The van der Waals surface area contributed by atoms with Crippen molar-refractivity contribution in [2.45, 2.75) is 6.10 Å². The number of benzene rings is 2. The van der Waals surface area contributed by atoms with Gasteiger partial charge >= 0.3 is 0 Å². The minimum absolute atomic E-state index is 0.319. The highest BCUT2D eigenvalue weighted by atomic mass is 16.5. The Hall–Kier alpha value is -1.62. The van der Waals surface area contributed by atoms with Crippen molar-refractivity contribution in [1.29, 1.82) is 0 Å². The molecule has 1 N–H and O–H groups in total. The number of rotatable bonds is 7. The number of hydrogen-bond donors (Lipinski definition) is 1. The van der Waals surface area contributed by atoms with Crippen LogP contribution in [0.1, 0.15) is 11.7 Å². The molecule has 0 spiro atoms. The number of hydrogen-bond acceptors (Lipinski definition) is 4. The normalized spacial score (nSPS) is 12.8. The van der Waals surface area contributed by atoms with Gasteiger partial charge in [0.25, 0.3) is 0 Å². The van der Waals surface area contributed by atoms with Crippen molar-refractivity contribution in [3.8, 4) is 0 Å². The predicted molar refractivity (Wildman–Crippen MR) is 92.6 cm³/mol. The molecular weight excluding hydrogens is 276 g/mol. The van der Waals surface area contributed by atoms with E-state index in [1.54, 1.807) is 0 Å². The van der Waals surface area contributed by atoms with Crippen LogP contribution < -0.4 is 4.90 Å².